The minimum atomic E-state index is 0.435. The number of H-pyrrole nitrogens is 1. The van der Waals surface area contributed by atoms with E-state index in [0.717, 1.165) is 38.0 Å². The van der Waals surface area contributed by atoms with E-state index in [1.54, 1.807) is 12.5 Å². The number of aryl methyl sites for hydroxylation is 1. The number of nitrogens with zero attached hydrogens (tertiary/aromatic N) is 4. The standard InChI is InChI=1S/C28H36N6O/c1-18(2)24-12-21(13-27-32-33-28(35-27)26-16-30-17-34(26)4)19(3)11-22(24)14-29-10-9-20-15-31-25-8-6-5-7-23(20)25/h5-8,11,15-18,21-22,24,29,31H,9-10,12-14H2,1-4H3/t21-,22-,24-/m0/s1. The van der Waals surface area contributed by atoms with E-state index in [1.165, 1.54) is 22.0 Å². The van der Waals surface area contributed by atoms with Crippen LogP contribution in [0.15, 0.2) is 59.1 Å². The molecule has 0 saturated carbocycles. The quantitative estimate of drug-likeness (QED) is 0.259. The monoisotopic (exact) mass is 472 g/mol. The van der Waals surface area contributed by atoms with Gasteiger partial charge in [-0.15, -0.1) is 10.2 Å². The number of hydrogen-bond donors (Lipinski definition) is 2. The Morgan fingerprint density at radius 1 is 1.23 bits per heavy atom. The Kier molecular flexibility index (Phi) is 6.86. The van der Waals surface area contributed by atoms with Gasteiger partial charge in [0.1, 0.15) is 5.69 Å². The molecule has 5 rings (SSSR count). The molecule has 3 atom stereocenters. The number of para-hydroxylation sites is 1. The highest BCUT2D eigenvalue weighted by atomic mass is 16.4. The van der Waals surface area contributed by atoms with Crippen molar-refractivity contribution in [1.29, 1.82) is 0 Å². The van der Waals surface area contributed by atoms with E-state index in [1.807, 2.05) is 11.6 Å². The predicted molar refractivity (Wildman–Crippen MR) is 139 cm³/mol. The lowest BCUT2D eigenvalue weighted by Crippen LogP contribution is -2.35. The zero-order valence-electron chi connectivity index (χ0n) is 21.2. The lowest BCUT2D eigenvalue weighted by Gasteiger charge is -2.37. The SMILES string of the molecule is CC1=C[C@@H](CNCCc2c[nH]c3ccccc23)[C@H](C(C)C)C[C@H]1Cc1nnc(-c2cncn2C)o1. The van der Waals surface area contributed by atoms with E-state index < -0.39 is 0 Å². The van der Waals surface area contributed by atoms with Crippen LogP contribution >= 0.6 is 0 Å². The zero-order chi connectivity index (χ0) is 24.4. The summed E-state index contributed by atoms with van der Waals surface area (Å²) in [6.07, 6.45) is 11.1. The smallest absolute Gasteiger partial charge is 0.265 e. The molecule has 1 aliphatic carbocycles. The van der Waals surface area contributed by atoms with Crippen molar-refractivity contribution in [2.24, 2.45) is 30.7 Å². The fourth-order valence-electron chi connectivity index (χ4n) is 5.55. The Bertz CT molecular complexity index is 1300. The number of allylic oxidation sites excluding steroid dienone is 1. The minimum absolute atomic E-state index is 0.435. The van der Waals surface area contributed by atoms with Gasteiger partial charge in [-0.2, -0.15) is 0 Å². The van der Waals surface area contributed by atoms with Crippen LogP contribution in [-0.4, -0.2) is 37.8 Å². The average Bonchev–Trinajstić information content (AvgIpc) is 3.58. The molecule has 0 aliphatic heterocycles. The summed E-state index contributed by atoms with van der Waals surface area (Å²) in [4.78, 5) is 7.53. The number of fused-ring (bicyclic) bond motifs is 1. The van der Waals surface area contributed by atoms with Gasteiger partial charge >= 0.3 is 0 Å². The van der Waals surface area contributed by atoms with Crippen LogP contribution < -0.4 is 5.32 Å². The second kappa shape index (κ2) is 10.2. The first-order valence-electron chi connectivity index (χ1n) is 12.7. The summed E-state index contributed by atoms with van der Waals surface area (Å²) in [5.41, 5.74) is 4.88. The van der Waals surface area contributed by atoms with Gasteiger partial charge in [0, 0.05) is 37.1 Å². The van der Waals surface area contributed by atoms with Gasteiger partial charge in [-0.25, -0.2) is 4.98 Å². The van der Waals surface area contributed by atoms with Crippen LogP contribution in [0.1, 0.15) is 38.6 Å². The van der Waals surface area contributed by atoms with E-state index in [2.05, 4.69) is 82.8 Å². The molecule has 2 N–H and O–H groups in total. The van der Waals surface area contributed by atoms with Crippen molar-refractivity contribution in [3.63, 3.8) is 0 Å². The molecule has 1 aromatic carbocycles. The third kappa shape index (κ3) is 5.10. The largest absolute Gasteiger partial charge is 0.419 e. The van der Waals surface area contributed by atoms with E-state index in [0.29, 0.717) is 35.5 Å². The first-order chi connectivity index (χ1) is 17.0. The Morgan fingerprint density at radius 2 is 2.09 bits per heavy atom. The van der Waals surface area contributed by atoms with Crippen molar-refractivity contribution in [1.82, 2.24) is 30.0 Å². The zero-order valence-corrected chi connectivity index (χ0v) is 21.2. The summed E-state index contributed by atoms with van der Waals surface area (Å²) in [5, 5.41) is 13.7. The van der Waals surface area contributed by atoms with Crippen LogP contribution in [0, 0.1) is 23.7 Å². The van der Waals surface area contributed by atoms with Crippen molar-refractivity contribution in [2.45, 2.75) is 40.0 Å². The summed E-state index contributed by atoms with van der Waals surface area (Å²) in [6.45, 7) is 8.96. The fraction of sp³-hybridized carbons (Fsp3) is 0.464. The Morgan fingerprint density at radius 3 is 2.89 bits per heavy atom. The minimum Gasteiger partial charge on any atom is -0.419 e. The molecular formula is C28H36N6O. The molecule has 1 aliphatic rings. The van der Waals surface area contributed by atoms with Crippen LogP contribution in [0.25, 0.3) is 22.5 Å². The van der Waals surface area contributed by atoms with E-state index in [-0.39, 0.29) is 0 Å². The number of hydrogen-bond acceptors (Lipinski definition) is 5. The lowest BCUT2D eigenvalue weighted by molar-refractivity contribution is 0.218. The highest BCUT2D eigenvalue weighted by Gasteiger charge is 2.32. The molecule has 0 bridgehead atoms. The van der Waals surface area contributed by atoms with Crippen molar-refractivity contribution in [2.75, 3.05) is 13.1 Å². The maximum Gasteiger partial charge on any atom is 0.265 e. The highest BCUT2D eigenvalue weighted by molar-refractivity contribution is 5.83. The first kappa shape index (κ1) is 23.5. The molecule has 0 saturated heterocycles. The van der Waals surface area contributed by atoms with Gasteiger partial charge < -0.3 is 19.3 Å². The van der Waals surface area contributed by atoms with Gasteiger partial charge in [0.15, 0.2) is 0 Å². The first-order valence-corrected chi connectivity index (χ1v) is 12.7. The maximum absolute atomic E-state index is 6.00. The molecular weight excluding hydrogens is 436 g/mol. The van der Waals surface area contributed by atoms with Crippen molar-refractivity contribution in [3.05, 3.63) is 66.1 Å². The third-order valence-corrected chi connectivity index (χ3v) is 7.63. The Hall–Kier alpha value is -3.19. The van der Waals surface area contributed by atoms with Crippen molar-refractivity contribution < 1.29 is 4.42 Å². The highest BCUT2D eigenvalue weighted by Crippen LogP contribution is 2.38. The molecule has 0 unspecified atom stereocenters. The maximum atomic E-state index is 6.00. The molecule has 7 nitrogen and oxygen atoms in total. The second-order valence-electron chi connectivity index (χ2n) is 10.3. The molecule has 0 fully saturated rings. The van der Waals surface area contributed by atoms with E-state index in [4.69, 9.17) is 4.42 Å². The van der Waals surface area contributed by atoms with Crippen LogP contribution in [0.5, 0.6) is 0 Å². The van der Waals surface area contributed by atoms with Gasteiger partial charge in [0.2, 0.25) is 5.89 Å². The summed E-state index contributed by atoms with van der Waals surface area (Å²) in [6, 6.07) is 8.53. The van der Waals surface area contributed by atoms with Gasteiger partial charge in [0.25, 0.3) is 5.89 Å². The summed E-state index contributed by atoms with van der Waals surface area (Å²) in [5.74, 6) is 3.47. The average molecular weight is 473 g/mol. The fourth-order valence-corrected chi connectivity index (χ4v) is 5.55. The number of aromatic amines is 1. The topological polar surface area (TPSA) is 84.6 Å². The Labute approximate surface area is 207 Å². The van der Waals surface area contributed by atoms with Crippen LogP contribution in [0.3, 0.4) is 0 Å². The number of imidazole rings is 1. The number of nitrogens with one attached hydrogen (secondary N) is 2. The van der Waals surface area contributed by atoms with Crippen LogP contribution in [0.2, 0.25) is 0 Å². The van der Waals surface area contributed by atoms with Gasteiger partial charge in [0.05, 0.1) is 12.5 Å². The van der Waals surface area contributed by atoms with Gasteiger partial charge in [-0.3, -0.25) is 0 Å². The molecule has 4 aromatic rings. The molecule has 3 heterocycles. The molecule has 0 radical (unpaired) electrons. The number of aromatic nitrogens is 5. The van der Waals surface area contributed by atoms with E-state index >= 15 is 0 Å². The molecule has 35 heavy (non-hydrogen) atoms. The summed E-state index contributed by atoms with van der Waals surface area (Å²) >= 11 is 0. The van der Waals surface area contributed by atoms with Gasteiger partial charge in [-0.05, 0) is 61.6 Å². The summed E-state index contributed by atoms with van der Waals surface area (Å²) < 4.78 is 7.90. The predicted octanol–water partition coefficient (Wildman–Crippen LogP) is 5.18. The molecule has 7 heteroatoms. The van der Waals surface area contributed by atoms with Crippen molar-refractivity contribution in [3.8, 4) is 11.6 Å². The number of rotatable bonds is 9. The number of benzene rings is 1. The van der Waals surface area contributed by atoms with Gasteiger partial charge in [-0.1, -0.05) is 43.7 Å². The molecule has 184 valence electrons. The second-order valence-corrected chi connectivity index (χ2v) is 10.3. The van der Waals surface area contributed by atoms with E-state index in [9.17, 15) is 0 Å². The van der Waals surface area contributed by atoms with Crippen LogP contribution in [0.4, 0.5) is 0 Å². The molecule has 0 amide bonds. The lowest BCUT2D eigenvalue weighted by atomic mass is 9.70. The van der Waals surface area contributed by atoms with Crippen molar-refractivity contribution >= 4 is 10.9 Å². The Balaban J connectivity index is 1.20. The molecule has 0 spiro atoms. The van der Waals surface area contributed by atoms with Crippen LogP contribution in [-0.2, 0) is 19.9 Å². The third-order valence-electron chi connectivity index (χ3n) is 7.63. The molecule has 3 aromatic heterocycles. The normalized spacial score (nSPS) is 20.6. The summed E-state index contributed by atoms with van der Waals surface area (Å²) in [7, 11) is 1.93.